The molecule has 2 fully saturated rings. The molecule has 9 heavy (non-hydrogen) atoms. The first-order chi connectivity index (χ1) is 4.42. The van der Waals surface area contributed by atoms with Gasteiger partial charge in [0.15, 0.2) is 0 Å². The minimum absolute atomic E-state index is 0.782. The molecule has 1 saturated carbocycles. The van der Waals surface area contributed by atoms with Crippen molar-refractivity contribution in [2.24, 2.45) is 5.92 Å². The van der Waals surface area contributed by atoms with Crippen LogP contribution in [0.2, 0.25) is 0 Å². The highest BCUT2D eigenvalue weighted by molar-refractivity contribution is 5.00. The fourth-order valence-corrected chi connectivity index (χ4v) is 2.28. The minimum Gasteiger partial charge on any atom is -0.315 e. The Morgan fingerprint density at radius 3 is 2.56 bits per heavy atom. The summed E-state index contributed by atoms with van der Waals surface area (Å²) in [5, 5.41) is 6.86. The molecule has 0 amide bonds. The minimum atomic E-state index is 0.782. The molecule has 2 nitrogen and oxygen atoms in total. The molecule has 0 aromatic rings. The van der Waals surface area contributed by atoms with Gasteiger partial charge in [0.25, 0.3) is 0 Å². The van der Waals surface area contributed by atoms with Crippen molar-refractivity contribution in [1.29, 1.82) is 0 Å². The average Bonchev–Trinajstić information content (AvgIpc) is 2.44. The smallest absolute Gasteiger partial charge is 0.0258 e. The predicted molar refractivity (Wildman–Crippen MR) is 37.4 cm³/mol. The van der Waals surface area contributed by atoms with Crippen molar-refractivity contribution >= 4 is 0 Å². The maximum atomic E-state index is 3.49. The number of rotatable bonds is 1. The first-order valence-corrected chi connectivity index (χ1v) is 3.82. The Hall–Kier alpha value is -0.0800. The zero-order valence-electron chi connectivity index (χ0n) is 5.85. The molecule has 1 heterocycles. The summed E-state index contributed by atoms with van der Waals surface area (Å²) in [5.41, 5.74) is 0. The first-order valence-electron chi connectivity index (χ1n) is 3.82. The Balaban J connectivity index is 2.08. The van der Waals surface area contributed by atoms with Gasteiger partial charge in [0.1, 0.15) is 0 Å². The van der Waals surface area contributed by atoms with Crippen molar-refractivity contribution in [3.63, 3.8) is 0 Å². The summed E-state index contributed by atoms with van der Waals surface area (Å²) in [6.45, 7) is 1.25. The van der Waals surface area contributed by atoms with Gasteiger partial charge in [-0.15, -0.1) is 0 Å². The van der Waals surface area contributed by atoms with Crippen molar-refractivity contribution in [3.05, 3.63) is 0 Å². The van der Waals surface area contributed by atoms with Gasteiger partial charge >= 0.3 is 0 Å². The molecule has 0 spiro atoms. The normalized spacial score (nSPS) is 48.3. The van der Waals surface area contributed by atoms with E-state index in [1.807, 2.05) is 0 Å². The highest BCUT2D eigenvalue weighted by atomic mass is 15.1. The molecule has 0 aromatic heterocycles. The van der Waals surface area contributed by atoms with Crippen LogP contribution in [0.3, 0.4) is 0 Å². The van der Waals surface area contributed by atoms with E-state index in [1.54, 1.807) is 0 Å². The van der Waals surface area contributed by atoms with Gasteiger partial charge in [0, 0.05) is 12.1 Å². The van der Waals surface area contributed by atoms with Gasteiger partial charge in [-0.05, 0) is 32.4 Å². The lowest BCUT2D eigenvalue weighted by molar-refractivity contribution is 0.486. The van der Waals surface area contributed by atoms with Gasteiger partial charge in [-0.1, -0.05) is 0 Å². The van der Waals surface area contributed by atoms with Crippen molar-refractivity contribution in [3.8, 4) is 0 Å². The van der Waals surface area contributed by atoms with Crippen LogP contribution in [0.1, 0.15) is 12.8 Å². The molecule has 0 aromatic carbocycles. The van der Waals surface area contributed by atoms with Crippen LogP contribution in [-0.2, 0) is 0 Å². The highest BCUT2D eigenvalue weighted by Crippen LogP contribution is 2.30. The van der Waals surface area contributed by atoms with Crippen LogP contribution in [0.4, 0.5) is 0 Å². The molecule has 2 aliphatic rings. The van der Waals surface area contributed by atoms with Crippen molar-refractivity contribution in [2.75, 3.05) is 13.6 Å². The summed E-state index contributed by atoms with van der Waals surface area (Å²) in [5.74, 6) is 0.931. The molecule has 0 unspecified atom stereocenters. The van der Waals surface area contributed by atoms with Gasteiger partial charge in [-0.25, -0.2) is 0 Å². The number of likely N-dealkylation sites (N-methyl/N-ethyl adjacent to an activating group) is 1. The molecule has 1 aliphatic carbocycles. The molecule has 2 rings (SSSR count). The SMILES string of the molecule is CN[C@@H]1[C@@H]2CC[C@H]1NC2. The number of hydrogen-bond acceptors (Lipinski definition) is 2. The Morgan fingerprint density at radius 1 is 1.44 bits per heavy atom. The quantitative estimate of drug-likeness (QED) is 0.515. The van der Waals surface area contributed by atoms with Crippen LogP contribution in [-0.4, -0.2) is 25.7 Å². The van der Waals surface area contributed by atoms with Crippen LogP contribution >= 0.6 is 0 Å². The Labute approximate surface area is 56.0 Å². The molecule has 2 bridgehead atoms. The van der Waals surface area contributed by atoms with E-state index in [2.05, 4.69) is 17.7 Å². The third-order valence-corrected chi connectivity index (χ3v) is 2.77. The van der Waals surface area contributed by atoms with Gasteiger partial charge in [0.05, 0.1) is 0 Å². The fraction of sp³-hybridized carbons (Fsp3) is 1.00. The monoisotopic (exact) mass is 126 g/mol. The second-order valence-corrected chi connectivity index (χ2v) is 3.17. The van der Waals surface area contributed by atoms with Crippen molar-refractivity contribution in [1.82, 2.24) is 10.6 Å². The van der Waals surface area contributed by atoms with Gasteiger partial charge in [0.2, 0.25) is 0 Å². The molecule has 52 valence electrons. The first kappa shape index (κ1) is 5.69. The molecular weight excluding hydrogens is 112 g/mol. The zero-order valence-corrected chi connectivity index (χ0v) is 5.85. The van der Waals surface area contributed by atoms with Gasteiger partial charge in [-0.2, -0.15) is 0 Å². The summed E-state index contributed by atoms with van der Waals surface area (Å²) in [6.07, 6.45) is 2.82. The number of nitrogens with one attached hydrogen (secondary N) is 2. The number of fused-ring (bicyclic) bond motifs is 2. The highest BCUT2D eigenvalue weighted by Gasteiger charge is 2.40. The van der Waals surface area contributed by atoms with Crippen LogP contribution in [0.5, 0.6) is 0 Å². The van der Waals surface area contributed by atoms with E-state index in [9.17, 15) is 0 Å². The number of hydrogen-bond donors (Lipinski definition) is 2. The van der Waals surface area contributed by atoms with E-state index < -0.39 is 0 Å². The van der Waals surface area contributed by atoms with Crippen molar-refractivity contribution in [2.45, 2.75) is 24.9 Å². The second kappa shape index (κ2) is 1.96. The van der Waals surface area contributed by atoms with Gasteiger partial charge in [-0.3, -0.25) is 0 Å². The lowest BCUT2D eigenvalue weighted by Gasteiger charge is -2.11. The number of piperidine rings is 1. The van der Waals surface area contributed by atoms with Crippen molar-refractivity contribution < 1.29 is 0 Å². The van der Waals surface area contributed by atoms with E-state index in [0.717, 1.165) is 18.0 Å². The standard InChI is InChI=1S/C7H14N2/c1-8-7-5-2-3-6(7)9-4-5/h5-9H,2-4H2,1H3/t5-,6-,7-/m1/s1. The maximum absolute atomic E-state index is 3.49. The van der Waals surface area contributed by atoms with Crippen LogP contribution < -0.4 is 10.6 Å². The Morgan fingerprint density at radius 2 is 2.33 bits per heavy atom. The molecule has 2 heteroatoms. The molecule has 0 radical (unpaired) electrons. The van der Waals surface area contributed by atoms with E-state index in [-0.39, 0.29) is 0 Å². The lowest BCUT2D eigenvalue weighted by atomic mass is 10.1. The Kier molecular flexibility index (Phi) is 1.24. The molecule has 2 N–H and O–H groups in total. The van der Waals surface area contributed by atoms with Crippen LogP contribution in [0.15, 0.2) is 0 Å². The van der Waals surface area contributed by atoms with E-state index >= 15 is 0 Å². The maximum Gasteiger partial charge on any atom is 0.0258 e. The van der Waals surface area contributed by atoms with Crippen LogP contribution in [0, 0.1) is 5.92 Å². The lowest BCUT2D eigenvalue weighted by Crippen LogP contribution is -2.36. The molecule has 3 atom stereocenters. The molecular formula is C7H14N2. The van der Waals surface area contributed by atoms with E-state index in [4.69, 9.17) is 0 Å². The summed E-state index contributed by atoms with van der Waals surface area (Å²) in [7, 11) is 2.07. The largest absolute Gasteiger partial charge is 0.315 e. The van der Waals surface area contributed by atoms with E-state index in [1.165, 1.54) is 19.4 Å². The van der Waals surface area contributed by atoms with Crippen LogP contribution in [0.25, 0.3) is 0 Å². The predicted octanol–water partition coefficient (Wildman–Crippen LogP) is -0.0438. The second-order valence-electron chi connectivity index (χ2n) is 3.17. The topological polar surface area (TPSA) is 24.1 Å². The van der Waals surface area contributed by atoms with Gasteiger partial charge < -0.3 is 10.6 Å². The van der Waals surface area contributed by atoms with E-state index in [0.29, 0.717) is 0 Å². The molecule has 1 saturated heterocycles. The molecule has 1 aliphatic heterocycles. The Bertz CT molecular complexity index is 93.5. The summed E-state index contributed by atoms with van der Waals surface area (Å²) in [4.78, 5) is 0. The fourth-order valence-electron chi connectivity index (χ4n) is 2.28. The third-order valence-electron chi connectivity index (χ3n) is 2.77. The summed E-state index contributed by atoms with van der Waals surface area (Å²) >= 11 is 0. The average molecular weight is 126 g/mol. The summed E-state index contributed by atoms with van der Waals surface area (Å²) in [6, 6.07) is 1.57. The summed E-state index contributed by atoms with van der Waals surface area (Å²) < 4.78 is 0. The zero-order chi connectivity index (χ0) is 6.27. The third kappa shape index (κ3) is 0.700.